The number of unbranched alkanes of at least 4 members (excludes halogenated alkanes) is 1. The molecule has 3 rings (SSSR count). The molecule has 0 radical (unpaired) electrons. The Kier molecular flexibility index (Phi) is 3.05. The summed E-state index contributed by atoms with van der Waals surface area (Å²) in [6.07, 6.45) is 3.43. The zero-order valence-electron chi connectivity index (χ0n) is 11.2. The van der Waals surface area contributed by atoms with E-state index in [9.17, 15) is 9.18 Å². The second kappa shape index (κ2) is 4.60. The molecule has 2 fully saturated rings. The molecule has 1 aromatic carbocycles. The molecular weight excluding hydrogens is 243 g/mol. The van der Waals surface area contributed by atoms with Gasteiger partial charge in [0.25, 0.3) is 0 Å². The van der Waals surface area contributed by atoms with Gasteiger partial charge in [-0.1, -0.05) is 31.5 Å². The summed E-state index contributed by atoms with van der Waals surface area (Å²) >= 11 is 0. The fourth-order valence-electron chi connectivity index (χ4n) is 2.78. The van der Waals surface area contributed by atoms with E-state index in [-0.39, 0.29) is 23.4 Å². The van der Waals surface area contributed by atoms with E-state index < -0.39 is 0 Å². The maximum atomic E-state index is 14.0. The molecule has 0 bridgehead atoms. The highest BCUT2D eigenvalue weighted by Gasteiger charge is 2.59. The van der Waals surface area contributed by atoms with Crippen molar-refractivity contribution < 1.29 is 9.18 Å². The van der Waals surface area contributed by atoms with Gasteiger partial charge in [-0.2, -0.15) is 0 Å². The number of nitrogens with zero attached hydrogens (tertiary/aromatic N) is 1. The lowest BCUT2D eigenvalue weighted by molar-refractivity contribution is -0.130. The van der Waals surface area contributed by atoms with E-state index in [1.54, 1.807) is 12.1 Å². The lowest BCUT2D eigenvalue weighted by atomic mass is 10.1. The molecule has 2 aliphatic rings. The van der Waals surface area contributed by atoms with E-state index in [4.69, 9.17) is 0 Å². The van der Waals surface area contributed by atoms with Crippen molar-refractivity contribution >= 4 is 5.91 Å². The first-order valence-electron chi connectivity index (χ1n) is 7.01. The molecule has 1 aliphatic heterocycles. The smallest absolute Gasteiger partial charge is 0.244 e. The first-order chi connectivity index (χ1) is 9.18. The number of carbonyl (C=O) groups is 1. The number of halogens is 1. The predicted molar refractivity (Wildman–Crippen MR) is 70.9 cm³/mol. The molecule has 19 heavy (non-hydrogen) atoms. The molecule has 3 nitrogen and oxygen atoms in total. The van der Waals surface area contributed by atoms with Gasteiger partial charge in [0.05, 0.1) is 0 Å². The zero-order chi connectivity index (χ0) is 13.5. The minimum Gasteiger partial charge on any atom is -0.321 e. The van der Waals surface area contributed by atoms with Crippen molar-refractivity contribution in [2.45, 2.75) is 44.3 Å². The summed E-state index contributed by atoms with van der Waals surface area (Å²) in [5.74, 6) is -0.0961. The van der Waals surface area contributed by atoms with Crippen LogP contribution >= 0.6 is 0 Å². The third-order valence-electron chi connectivity index (χ3n) is 4.10. The fraction of sp³-hybridized carbons (Fsp3) is 0.533. The van der Waals surface area contributed by atoms with Gasteiger partial charge in [-0.15, -0.1) is 0 Å². The van der Waals surface area contributed by atoms with E-state index >= 15 is 0 Å². The molecule has 1 amide bonds. The van der Waals surface area contributed by atoms with Crippen LogP contribution in [-0.4, -0.2) is 22.9 Å². The average Bonchev–Trinajstić information content (AvgIpc) is 3.13. The van der Waals surface area contributed by atoms with Gasteiger partial charge in [0.2, 0.25) is 5.91 Å². The Morgan fingerprint density at radius 3 is 2.79 bits per heavy atom. The van der Waals surface area contributed by atoms with Gasteiger partial charge in [0.15, 0.2) is 0 Å². The standard InChI is InChI=1S/C15H19FN2O/c1-2-3-10-18-13(11-6-4-5-7-12(11)16)17-15(8-9-15)14(18)19/h4-7,13,17H,2-3,8-10H2,1H3. The van der Waals surface area contributed by atoms with Crippen molar-refractivity contribution in [1.82, 2.24) is 10.2 Å². The molecular formula is C15H19FN2O. The van der Waals surface area contributed by atoms with Crippen molar-refractivity contribution in [3.63, 3.8) is 0 Å². The Hall–Kier alpha value is -1.42. The number of amides is 1. The number of benzene rings is 1. The van der Waals surface area contributed by atoms with Gasteiger partial charge in [-0.25, -0.2) is 4.39 Å². The van der Waals surface area contributed by atoms with Crippen LogP contribution in [-0.2, 0) is 4.79 Å². The molecule has 1 aliphatic carbocycles. The average molecular weight is 262 g/mol. The van der Waals surface area contributed by atoms with Crippen molar-refractivity contribution in [1.29, 1.82) is 0 Å². The van der Waals surface area contributed by atoms with Crippen LogP contribution in [0.2, 0.25) is 0 Å². The number of carbonyl (C=O) groups excluding carboxylic acids is 1. The minimum atomic E-state index is -0.388. The summed E-state index contributed by atoms with van der Waals surface area (Å²) in [4.78, 5) is 14.2. The largest absolute Gasteiger partial charge is 0.321 e. The van der Waals surface area contributed by atoms with Crippen molar-refractivity contribution in [2.75, 3.05) is 6.54 Å². The molecule has 1 saturated heterocycles. The summed E-state index contributed by atoms with van der Waals surface area (Å²) in [6, 6.07) is 6.72. The lowest BCUT2D eigenvalue weighted by Gasteiger charge is -2.24. The zero-order valence-corrected chi connectivity index (χ0v) is 11.2. The van der Waals surface area contributed by atoms with Crippen LogP contribution in [0.25, 0.3) is 0 Å². The number of nitrogens with one attached hydrogen (secondary N) is 1. The van der Waals surface area contributed by atoms with Crippen LogP contribution in [0.1, 0.15) is 44.3 Å². The Morgan fingerprint density at radius 2 is 2.16 bits per heavy atom. The summed E-state index contributed by atoms with van der Waals surface area (Å²) in [7, 11) is 0. The number of hydrogen-bond donors (Lipinski definition) is 1. The van der Waals surface area contributed by atoms with E-state index in [0.29, 0.717) is 12.1 Å². The van der Waals surface area contributed by atoms with Gasteiger partial charge in [0.1, 0.15) is 17.5 Å². The monoisotopic (exact) mass is 262 g/mol. The summed E-state index contributed by atoms with van der Waals surface area (Å²) in [5.41, 5.74) is 0.191. The number of rotatable bonds is 4. The molecule has 1 saturated carbocycles. The highest BCUT2D eigenvalue weighted by molar-refractivity contribution is 5.92. The second-order valence-electron chi connectivity index (χ2n) is 5.50. The van der Waals surface area contributed by atoms with E-state index in [1.807, 2.05) is 11.0 Å². The van der Waals surface area contributed by atoms with E-state index in [0.717, 1.165) is 25.7 Å². The first-order valence-corrected chi connectivity index (χ1v) is 7.01. The van der Waals surface area contributed by atoms with Crippen LogP contribution in [0.15, 0.2) is 24.3 Å². The summed E-state index contributed by atoms with van der Waals surface area (Å²) in [5, 5.41) is 3.34. The van der Waals surface area contributed by atoms with Crippen molar-refractivity contribution in [3.8, 4) is 0 Å². The maximum absolute atomic E-state index is 14.0. The first kappa shape index (κ1) is 12.6. The predicted octanol–water partition coefficient (Wildman–Crippen LogP) is 2.59. The normalized spacial score (nSPS) is 24.2. The lowest BCUT2D eigenvalue weighted by Crippen LogP contribution is -2.33. The highest BCUT2D eigenvalue weighted by atomic mass is 19.1. The topological polar surface area (TPSA) is 32.3 Å². The van der Waals surface area contributed by atoms with Crippen LogP contribution in [0.4, 0.5) is 4.39 Å². The van der Waals surface area contributed by atoms with Crippen LogP contribution < -0.4 is 5.32 Å². The second-order valence-corrected chi connectivity index (χ2v) is 5.50. The molecule has 1 spiro atoms. The van der Waals surface area contributed by atoms with Gasteiger partial charge < -0.3 is 4.90 Å². The van der Waals surface area contributed by atoms with E-state index in [1.165, 1.54) is 6.07 Å². The molecule has 4 heteroatoms. The van der Waals surface area contributed by atoms with Crippen LogP contribution in [0.5, 0.6) is 0 Å². The molecule has 1 atom stereocenters. The van der Waals surface area contributed by atoms with Crippen molar-refractivity contribution in [2.24, 2.45) is 0 Å². The SMILES string of the molecule is CCCCN1C(=O)C2(CC2)NC1c1ccccc1F. The van der Waals surface area contributed by atoms with Crippen LogP contribution in [0.3, 0.4) is 0 Å². The number of hydrogen-bond acceptors (Lipinski definition) is 2. The Balaban J connectivity index is 1.90. The molecule has 1 N–H and O–H groups in total. The van der Waals surface area contributed by atoms with Gasteiger partial charge in [0, 0.05) is 12.1 Å². The maximum Gasteiger partial charge on any atom is 0.244 e. The summed E-state index contributed by atoms with van der Waals surface area (Å²) < 4.78 is 14.0. The third-order valence-corrected chi connectivity index (χ3v) is 4.10. The van der Waals surface area contributed by atoms with E-state index in [2.05, 4.69) is 12.2 Å². The third kappa shape index (κ3) is 2.04. The fourth-order valence-corrected chi connectivity index (χ4v) is 2.78. The molecule has 102 valence electrons. The summed E-state index contributed by atoms with van der Waals surface area (Å²) in [6.45, 7) is 2.79. The Morgan fingerprint density at radius 1 is 1.42 bits per heavy atom. The molecule has 1 aromatic rings. The minimum absolute atomic E-state index is 0.147. The van der Waals surface area contributed by atoms with Crippen molar-refractivity contribution in [3.05, 3.63) is 35.6 Å². The Bertz CT molecular complexity index is 499. The Labute approximate surface area is 112 Å². The van der Waals surface area contributed by atoms with Gasteiger partial charge >= 0.3 is 0 Å². The quantitative estimate of drug-likeness (QED) is 0.904. The van der Waals surface area contributed by atoms with Gasteiger partial charge in [-0.3, -0.25) is 10.1 Å². The molecule has 0 aromatic heterocycles. The molecule has 1 heterocycles. The van der Waals surface area contributed by atoms with Crippen LogP contribution in [0, 0.1) is 5.82 Å². The molecule has 1 unspecified atom stereocenters. The highest BCUT2D eigenvalue weighted by Crippen LogP contribution is 2.46. The van der Waals surface area contributed by atoms with Gasteiger partial charge in [-0.05, 0) is 25.3 Å².